The van der Waals surface area contributed by atoms with E-state index in [9.17, 15) is 4.79 Å². The van der Waals surface area contributed by atoms with Gasteiger partial charge in [0.2, 0.25) is 0 Å². The lowest BCUT2D eigenvalue weighted by atomic mass is 10.1. The minimum Gasteiger partial charge on any atom is -0.488 e. The molecular formula is C19H19IO3. The first-order valence-electron chi connectivity index (χ1n) is 7.42. The van der Waals surface area contributed by atoms with Gasteiger partial charge in [0.1, 0.15) is 12.4 Å². The van der Waals surface area contributed by atoms with Crippen LogP contribution in [0.3, 0.4) is 0 Å². The summed E-state index contributed by atoms with van der Waals surface area (Å²) in [4.78, 5) is 11.3. The maximum absolute atomic E-state index is 11.3. The molecule has 0 amide bonds. The van der Waals surface area contributed by atoms with Crippen LogP contribution in [0.5, 0.6) is 5.75 Å². The second kappa shape index (κ2) is 8.72. The van der Waals surface area contributed by atoms with Gasteiger partial charge < -0.3 is 9.47 Å². The number of carbonyl (C=O) groups excluding carboxylic acids is 1. The molecule has 23 heavy (non-hydrogen) atoms. The van der Waals surface area contributed by atoms with Crippen LogP contribution in [-0.4, -0.2) is 12.6 Å². The second-order valence-corrected chi connectivity index (χ2v) is 6.15. The van der Waals surface area contributed by atoms with Gasteiger partial charge in [-0.2, -0.15) is 0 Å². The van der Waals surface area contributed by atoms with Crippen LogP contribution in [0.1, 0.15) is 23.6 Å². The molecule has 2 rings (SSSR count). The predicted octanol–water partition coefficient (Wildman–Crippen LogP) is 4.75. The fourth-order valence-corrected chi connectivity index (χ4v) is 2.72. The fourth-order valence-electron chi connectivity index (χ4n) is 2.02. The molecule has 0 saturated carbocycles. The number of ether oxygens (including phenoxy) is 2. The Balaban J connectivity index is 2.02. The molecule has 0 aliphatic heterocycles. The first-order valence-corrected chi connectivity index (χ1v) is 8.49. The number of hydrogen-bond donors (Lipinski definition) is 0. The Labute approximate surface area is 150 Å². The van der Waals surface area contributed by atoms with Gasteiger partial charge in [0.15, 0.2) is 0 Å². The van der Waals surface area contributed by atoms with Gasteiger partial charge in [-0.25, -0.2) is 4.79 Å². The van der Waals surface area contributed by atoms with Gasteiger partial charge in [-0.1, -0.05) is 30.3 Å². The third kappa shape index (κ3) is 5.39. The molecule has 0 unspecified atom stereocenters. The number of benzene rings is 2. The smallest absolute Gasteiger partial charge is 0.330 e. The number of esters is 1. The SMILES string of the molecule is CCOC(=O)/C=C/c1ccc(OCc2ccccc2C)c(I)c1. The Morgan fingerprint density at radius 1 is 1.22 bits per heavy atom. The van der Waals surface area contributed by atoms with E-state index in [1.807, 2.05) is 30.3 Å². The van der Waals surface area contributed by atoms with Crippen LogP contribution in [0.15, 0.2) is 48.5 Å². The molecule has 0 aliphatic rings. The van der Waals surface area contributed by atoms with E-state index in [2.05, 4.69) is 41.6 Å². The molecule has 120 valence electrons. The predicted molar refractivity (Wildman–Crippen MR) is 100 cm³/mol. The third-order valence-corrected chi connectivity index (χ3v) is 4.14. The Hall–Kier alpha value is -1.82. The summed E-state index contributed by atoms with van der Waals surface area (Å²) in [7, 11) is 0. The molecule has 0 saturated heterocycles. The van der Waals surface area contributed by atoms with E-state index in [-0.39, 0.29) is 5.97 Å². The summed E-state index contributed by atoms with van der Waals surface area (Å²) in [5.41, 5.74) is 3.33. The van der Waals surface area contributed by atoms with Crippen LogP contribution >= 0.6 is 22.6 Å². The molecule has 0 bridgehead atoms. The fraction of sp³-hybridized carbons (Fsp3) is 0.211. The zero-order chi connectivity index (χ0) is 16.7. The van der Waals surface area contributed by atoms with E-state index in [1.54, 1.807) is 13.0 Å². The molecule has 4 heteroatoms. The Morgan fingerprint density at radius 2 is 2.00 bits per heavy atom. The first kappa shape index (κ1) is 17.5. The van der Waals surface area contributed by atoms with E-state index >= 15 is 0 Å². The minimum absolute atomic E-state index is 0.331. The topological polar surface area (TPSA) is 35.5 Å². The Kier molecular flexibility index (Phi) is 6.65. The third-order valence-electron chi connectivity index (χ3n) is 3.30. The van der Waals surface area contributed by atoms with E-state index in [0.29, 0.717) is 13.2 Å². The lowest BCUT2D eigenvalue weighted by Gasteiger charge is -2.10. The highest BCUT2D eigenvalue weighted by Crippen LogP contribution is 2.24. The van der Waals surface area contributed by atoms with Crippen molar-refractivity contribution in [1.29, 1.82) is 0 Å². The summed E-state index contributed by atoms with van der Waals surface area (Å²) in [5.74, 6) is 0.504. The first-order chi connectivity index (χ1) is 11.1. The molecule has 0 spiro atoms. The molecule has 2 aromatic carbocycles. The van der Waals surface area contributed by atoms with Crippen molar-refractivity contribution in [3.63, 3.8) is 0 Å². The molecule has 0 aliphatic carbocycles. The van der Waals surface area contributed by atoms with E-state index in [1.165, 1.54) is 17.2 Å². The molecule has 2 aromatic rings. The van der Waals surface area contributed by atoms with Crippen molar-refractivity contribution in [2.75, 3.05) is 6.61 Å². The quantitative estimate of drug-likeness (QED) is 0.383. The molecule has 0 fully saturated rings. The molecule has 0 N–H and O–H groups in total. The van der Waals surface area contributed by atoms with Gasteiger partial charge in [0.25, 0.3) is 0 Å². The van der Waals surface area contributed by atoms with E-state index in [4.69, 9.17) is 9.47 Å². The summed E-state index contributed by atoms with van der Waals surface area (Å²) < 4.78 is 11.8. The zero-order valence-electron chi connectivity index (χ0n) is 13.2. The monoisotopic (exact) mass is 422 g/mol. The summed E-state index contributed by atoms with van der Waals surface area (Å²) in [6, 6.07) is 14.0. The van der Waals surface area contributed by atoms with Crippen molar-refractivity contribution >= 4 is 34.6 Å². The van der Waals surface area contributed by atoms with Crippen LogP contribution in [0, 0.1) is 10.5 Å². The molecule has 3 nitrogen and oxygen atoms in total. The highest BCUT2D eigenvalue weighted by atomic mass is 127. The van der Waals surface area contributed by atoms with Crippen LogP contribution in [-0.2, 0) is 16.1 Å². The highest BCUT2D eigenvalue weighted by Gasteiger charge is 2.04. The molecular weight excluding hydrogens is 403 g/mol. The van der Waals surface area contributed by atoms with Gasteiger partial charge >= 0.3 is 5.97 Å². The maximum atomic E-state index is 11.3. The van der Waals surface area contributed by atoms with Crippen LogP contribution in [0.25, 0.3) is 6.08 Å². The van der Waals surface area contributed by atoms with E-state index in [0.717, 1.165) is 14.9 Å². The number of hydrogen-bond acceptors (Lipinski definition) is 3. The Morgan fingerprint density at radius 3 is 2.70 bits per heavy atom. The van der Waals surface area contributed by atoms with Crippen LogP contribution in [0.4, 0.5) is 0 Å². The van der Waals surface area contributed by atoms with Gasteiger partial charge in [0, 0.05) is 6.08 Å². The highest BCUT2D eigenvalue weighted by molar-refractivity contribution is 14.1. The molecule has 0 atom stereocenters. The molecule has 0 radical (unpaired) electrons. The van der Waals surface area contributed by atoms with Gasteiger partial charge in [-0.15, -0.1) is 0 Å². The molecule has 0 heterocycles. The van der Waals surface area contributed by atoms with Crippen molar-refractivity contribution in [3.05, 3.63) is 68.8 Å². The van der Waals surface area contributed by atoms with E-state index < -0.39 is 0 Å². The zero-order valence-corrected chi connectivity index (χ0v) is 15.4. The Bertz CT molecular complexity index is 708. The summed E-state index contributed by atoms with van der Waals surface area (Å²) in [5, 5.41) is 0. The minimum atomic E-state index is -0.331. The van der Waals surface area contributed by atoms with Crippen LogP contribution < -0.4 is 4.74 Å². The largest absolute Gasteiger partial charge is 0.488 e. The standard InChI is InChI=1S/C19H19IO3/c1-3-22-19(21)11-9-15-8-10-18(17(20)12-15)23-13-16-7-5-4-6-14(16)2/h4-12H,3,13H2,1-2H3/b11-9+. The number of aryl methyl sites for hydroxylation is 1. The van der Waals surface area contributed by atoms with Crippen LogP contribution in [0.2, 0.25) is 0 Å². The summed E-state index contributed by atoms with van der Waals surface area (Å²) >= 11 is 2.24. The summed E-state index contributed by atoms with van der Waals surface area (Å²) in [6.07, 6.45) is 3.17. The van der Waals surface area contributed by atoms with Gasteiger partial charge in [0.05, 0.1) is 10.2 Å². The average Bonchev–Trinajstić information content (AvgIpc) is 2.54. The molecule has 0 aromatic heterocycles. The number of halogens is 1. The van der Waals surface area contributed by atoms with Gasteiger partial charge in [-0.05, 0) is 71.3 Å². The average molecular weight is 422 g/mol. The normalized spacial score (nSPS) is 10.7. The summed E-state index contributed by atoms with van der Waals surface area (Å²) in [6.45, 7) is 4.79. The van der Waals surface area contributed by atoms with Crippen molar-refractivity contribution in [2.24, 2.45) is 0 Å². The maximum Gasteiger partial charge on any atom is 0.330 e. The van der Waals surface area contributed by atoms with Gasteiger partial charge in [-0.3, -0.25) is 0 Å². The second-order valence-electron chi connectivity index (χ2n) is 4.99. The van der Waals surface area contributed by atoms with Crippen molar-refractivity contribution in [2.45, 2.75) is 20.5 Å². The van der Waals surface area contributed by atoms with Crippen molar-refractivity contribution in [1.82, 2.24) is 0 Å². The number of carbonyl (C=O) groups is 1. The number of rotatable bonds is 6. The lowest BCUT2D eigenvalue weighted by Crippen LogP contribution is -1.99. The van der Waals surface area contributed by atoms with Crippen molar-refractivity contribution in [3.8, 4) is 5.75 Å². The lowest BCUT2D eigenvalue weighted by molar-refractivity contribution is -0.137. The van der Waals surface area contributed by atoms with Crippen molar-refractivity contribution < 1.29 is 14.3 Å².